The summed E-state index contributed by atoms with van der Waals surface area (Å²) in [6.45, 7) is 0. The highest BCUT2D eigenvalue weighted by atomic mass is 79.9. The lowest BCUT2D eigenvalue weighted by Crippen LogP contribution is -2.08. The molecule has 3 aromatic rings. The summed E-state index contributed by atoms with van der Waals surface area (Å²) in [5.41, 5.74) is 1.41. The lowest BCUT2D eigenvalue weighted by atomic mass is 10.1. The number of hydrogen-bond donors (Lipinski definition) is 0. The molecule has 0 spiro atoms. The van der Waals surface area contributed by atoms with Crippen molar-refractivity contribution in [2.45, 2.75) is 0 Å². The summed E-state index contributed by atoms with van der Waals surface area (Å²) in [5.74, 6) is -0.467. The van der Waals surface area contributed by atoms with Gasteiger partial charge in [-0.3, -0.25) is 4.79 Å². The Hall–Kier alpha value is -3.25. The van der Waals surface area contributed by atoms with Gasteiger partial charge in [-0.1, -0.05) is 28.1 Å². The molecule has 3 aromatic carbocycles. The molecule has 4 rings (SSSR count). The number of hydrogen-bond acceptors (Lipinski definition) is 4. The first-order chi connectivity index (χ1) is 13.5. The molecule has 0 bridgehead atoms. The maximum atomic E-state index is 13.0. The van der Waals surface area contributed by atoms with E-state index in [4.69, 9.17) is 9.47 Å². The van der Waals surface area contributed by atoms with Gasteiger partial charge in [0.1, 0.15) is 17.3 Å². The van der Waals surface area contributed by atoms with Gasteiger partial charge in [-0.15, -0.1) is 0 Å². The second-order valence-electron chi connectivity index (χ2n) is 6.05. The summed E-state index contributed by atoms with van der Waals surface area (Å²) in [7, 11) is 0. The van der Waals surface area contributed by atoms with Gasteiger partial charge in [-0.2, -0.15) is 0 Å². The van der Waals surface area contributed by atoms with Crippen LogP contribution in [0.5, 0.6) is 11.5 Å². The Labute approximate surface area is 168 Å². The summed E-state index contributed by atoms with van der Waals surface area (Å²) >= 11 is 3.31. The number of Topliss-reactive ketones (excluding diaryl/α,β-unsaturated/α-hetero) is 1. The Balaban J connectivity index is 1.54. The summed E-state index contributed by atoms with van der Waals surface area (Å²) in [4.78, 5) is 24.7. The van der Waals surface area contributed by atoms with Crippen LogP contribution in [0.4, 0.5) is 4.39 Å². The van der Waals surface area contributed by atoms with Crippen molar-refractivity contribution < 1.29 is 23.5 Å². The molecule has 0 saturated carbocycles. The molecular weight excluding hydrogens is 427 g/mol. The zero-order valence-corrected chi connectivity index (χ0v) is 15.9. The minimum atomic E-state index is -0.515. The molecule has 0 amide bonds. The van der Waals surface area contributed by atoms with Crippen molar-refractivity contribution in [2.75, 3.05) is 0 Å². The second-order valence-corrected chi connectivity index (χ2v) is 6.96. The van der Waals surface area contributed by atoms with Crippen LogP contribution in [0.2, 0.25) is 0 Å². The number of carbonyl (C=O) groups excluding carboxylic acids is 2. The lowest BCUT2D eigenvalue weighted by molar-refractivity contribution is 0.0734. The number of fused-ring (bicyclic) bond motifs is 1. The molecule has 6 heteroatoms. The molecule has 1 heterocycles. The molecule has 0 N–H and O–H groups in total. The second kappa shape index (κ2) is 7.40. The minimum absolute atomic E-state index is 0.123. The van der Waals surface area contributed by atoms with Gasteiger partial charge < -0.3 is 9.47 Å². The predicted molar refractivity (Wildman–Crippen MR) is 105 cm³/mol. The lowest BCUT2D eigenvalue weighted by Gasteiger charge is -2.06. The topological polar surface area (TPSA) is 52.6 Å². The van der Waals surface area contributed by atoms with Gasteiger partial charge in [0.05, 0.1) is 11.1 Å². The molecule has 1 aliphatic heterocycles. The Kier molecular flexibility index (Phi) is 4.79. The van der Waals surface area contributed by atoms with Gasteiger partial charge in [-0.05, 0) is 60.2 Å². The maximum Gasteiger partial charge on any atom is 0.343 e. The van der Waals surface area contributed by atoms with Crippen LogP contribution >= 0.6 is 15.9 Å². The van der Waals surface area contributed by atoms with Crippen molar-refractivity contribution >= 4 is 33.8 Å². The molecule has 28 heavy (non-hydrogen) atoms. The van der Waals surface area contributed by atoms with E-state index in [9.17, 15) is 14.0 Å². The molecule has 4 nitrogen and oxygen atoms in total. The molecular formula is C22H12BrFO4. The highest BCUT2D eigenvalue weighted by molar-refractivity contribution is 9.10. The average molecular weight is 439 g/mol. The van der Waals surface area contributed by atoms with E-state index in [1.165, 1.54) is 30.3 Å². The molecule has 1 aliphatic rings. The fraction of sp³-hybridized carbons (Fsp3) is 0. The number of rotatable bonds is 3. The van der Waals surface area contributed by atoms with Crippen LogP contribution in [-0.4, -0.2) is 11.8 Å². The highest BCUT2D eigenvalue weighted by Gasteiger charge is 2.28. The van der Waals surface area contributed by atoms with Gasteiger partial charge in [0.2, 0.25) is 5.78 Å². The van der Waals surface area contributed by atoms with Crippen LogP contribution < -0.4 is 9.47 Å². The van der Waals surface area contributed by atoms with Gasteiger partial charge >= 0.3 is 5.97 Å². The third-order valence-electron chi connectivity index (χ3n) is 4.10. The van der Waals surface area contributed by atoms with E-state index >= 15 is 0 Å². The summed E-state index contributed by atoms with van der Waals surface area (Å²) in [6, 6.07) is 17.1. The van der Waals surface area contributed by atoms with Crippen LogP contribution in [0, 0.1) is 5.82 Å². The van der Waals surface area contributed by atoms with Crippen molar-refractivity contribution in [3.8, 4) is 11.5 Å². The van der Waals surface area contributed by atoms with Crippen LogP contribution in [0.25, 0.3) is 6.08 Å². The average Bonchev–Trinajstić information content (AvgIpc) is 2.99. The Morgan fingerprint density at radius 1 is 1.00 bits per heavy atom. The first-order valence-corrected chi connectivity index (χ1v) is 9.10. The summed E-state index contributed by atoms with van der Waals surface area (Å²) < 4.78 is 24.9. The van der Waals surface area contributed by atoms with Crippen molar-refractivity contribution in [1.82, 2.24) is 0 Å². The van der Waals surface area contributed by atoms with Gasteiger partial charge in [0, 0.05) is 10.5 Å². The first kappa shape index (κ1) is 18.1. The van der Waals surface area contributed by atoms with E-state index in [0.717, 1.165) is 4.47 Å². The van der Waals surface area contributed by atoms with Crippen molar-refractivity contribution in [1.29, 1.82) is 0 Å². The van der Waals surface area contributed by atoms with Crippen molar-refractivity contribution in [3.05, 3.63) is 99.5 Å². The largest absolute Gasteiger partial charge is 0.452 e. The monoisotopic (exact) mass is 438 g/mol. The van der Waals surface area contributed by atoms with Crippen molar-refractivity contribution in [3.63, 3.8) is 0 Å². The van der Waals surface area contributed by atoms with Crippen molar-refractivity contribution in [2.24, 2.45) is 0 Å². The van der Waals surface area contributed by atoms with E-state index in [-0.39, 0.29) is 23.1 Å². The summed E-state index contributed by atoms with van der Waals surface area (Å²) in [6.07, 6.45) is 1.54. The SMILES string of the molecule is O=C(Oc1ccc2c(c1)O/C(=C\c1ccc(F)cc1)C2=O)c1ccc(Br)cc1. The minimum Gasteiger partial charge on any atom is -0.452 e. The third kappa shape index (κ3) is 3.73. The number of halogens is 2. The number of esters is 1. The normalized spacial score (nSPS) is 13.9. The quantitative estimate of drug-likeness (QED) is 0.311. The van der Waals surface area contributed by atoms with Crippen LogP contribution in [0.1, 0.15) is 26.3 Å². The van der Waals surface area contributed by atoms with Crippen LogP contribution in [0.15, 0.2) is 77.0 Å². The fourth-order valence-electron chi connectivity index (χ4n) is 2.69. The van der Waals surface area contributed by atoms with Gasteiger partial charge in [0.25, 0.3) is 0 Å². The summed E-state index contributed by atoms with van der Waals surface area (Å²) in [5, 5.41) is 0. The van der Waals surface area contributed by atoms with E-state index in [2.05, 4.69) is 15.9 Å². The Bertz CT molecular complexity index is 1100. The zero-order valence-electron chi connectivity index (χ0n) is 14.3. The number of ketones is 1. The smallest absolute Gasteiger partial charge is 0.343 e. The van der Waals surface area contributed by atoms with Crippen LogP contribution in [-0.2, 0) is 0 Å². The predicted octanol–water partition coefficient (Wildman–Crippen LogP) is 5.42. The highest BCUT2D eigenvalue weighted by Crippen LogP contribution is 2.35. The standard InChI is InChI=1S/C22H12BrFO4/c23-15-5-3-14(4-6-15)22(26)27-17-9-10-18-19(12-17)28-20(21(18)25)11-13-1-7-16(24)8-2-13/h1-12H/b20-11-. The van der Waals surface area contributed by atoms with E-state index in [1.807, 2.05) is 0 Å². The fourth-order valence-corrected chi connectivity index (χ4v) is 2.96. The Morgan fingerprint density at radius 2 is 1.71 bits per heavy atom. The molecule has 0 aliphatic carbocycles. The number of carbonyl (C=O) groups is 2. The van der Waals surface area contributed by atoms with Gasteiger partial charge in [-0.25, -0.2) is 9.18 Å². The molecule has 138 valence electrons. The third-order valence-corrected chi connectivity index (χ3v) is 4.63. The number of benzene rings is 3. The number of ether oxygens (including phenoxy) is 2. The van der Waals surface area contributed by atoms with E-state index < -0.39 is 5.97 Å². The molecule has 0 fully saturated rings. The van der Waals surface area contributed by atoms with E-state index in [1.54, 1.807) is 42.5 Å². The first-order valence-electron chi connectivity index (χ1n) is 8.31. The van der Waals surface area contributed by atoms with E-state index in [0.29, 0.717) is 22.4 Å². The molecule has 0 saturated heterocycles. The molecule has 0 aromatic heterocycles. The molecule has 0 radical (unpaired) electrons. The van der Waals surface area contributed by atoms with Gasteiger partial charge in [0.15, 0.2) is 5.76 Å². The zero-order chi connectivity index (χ0) is 19.7. The molecule has 0 unspecified atom stereocenters. The van der Waals surface area contributed by atoms with Crippen LogP contribution in [0.3, 0.4) is 0 Å². The maximum absolute atomic E-state index is 13.0. The number of allylic oxidation sites excluding steroid dienone is 1. The molecule has 0 atom stereocenters. The Morgan fingerprint density at radius 3 is 2.43 bits per heavy atom.